The second-order valence-corrected chi connectivity index (χ2v) is 8.08. The summed E-state index contributed by atoms with van der Waals surface area (Å²) >= 11 is 6.22. The molecule has 0 aliphatic carbocycles. The number of nitrogens with one attached hydrogen (secondary N) is 2. The van der Waals surface area contributed by atoms with Gasteiger partial charge in [-0.1, -0.05) is 31.2 Å². The molecule has 2 aliphatic rings. The van der Waals surface area contributed by atoms with Crippen molar-refractivity contribution < 1.29 is 14.3 Å². The third-order valence-corrected chi connectivity index (χ3v) is 5.56. The molecule has 2 aliphatic heterocycles. The van der Waals surface area contributed by atoms with Crippen LogP contribution in [0.5, 0.6) is 11.5 Å². The smallest absolute Gasteiger partial charge is 0.221 e. The normalized spacial score (nSPS) is 17.1. The number of hydrogen-bond acceptors (Lipinski definition) is 6. The van der Waals surface area contributed by atoms with Crippen molar-refractivity contribution in [3.8, 4) is 11.5 Å². The predicted molar refractivity (Wildman–Crippen MR) is 128 cm³/mol. The minimum atomic E-state index is 0. The van der Waals surface area contributed by atoms with Crippen molar-refractivity contribution in [3.05, 3.63) is 53.1 Å². The average molecular weight is 459 g/mol. The second-order valence-electron chi connectivity index (χ2n) is 7.64. The van der Waals surface area contributed by atoms with Crippen LogP contribution in [0.3, 0.4) is 0 Å². The van der Waals surface area contributed by atoms with Gasteiger partial charge in [-0.25, -0.2) is 4.99 Å². The molecule has 0 saturated carbocycles. The molecule has 1 atom stereocenters. The third-order valence-electron chi connectivity index (χ3n) is 5.33. The first-order chi connectivity index (χ1) is 15.1. The van der Waals surface area contributed by atoms with E-state index in [1.54, 1.807) is 13.2 Å². The molecule has 0 aromatic heterocycles. The number of halogens is 1. The lowest BCUT2D eigenvalue weighted by atomic mass is 10.1. The van der Waals surface area contributed by atoms with Crippen LogP contribution in [0, 0.1) is 0 Å². The fourth-order valence-electron chi connectivity index (χ4n) is 3.83. The van der Waals surface area contributed by atoms with Crippen molar-refractivity contribution in [1.29, 1.82) is 0 Å². The van der Waals surface area contributed by atoms with Gasteiger partial charge in [0.15, 0.2) is 5.75 Å². The molecule has 2 heterocycles. The largest absolute Gasteiger partial charge is 0.454 e. The molecule has 0 unspecified atom stereocenters. The van der Waals surface area contributed by atoms with Crippen LogP contribution in [0.15, 0.2) is 47.5 Å². The second kappa shape index (κ2) is 11.3. The SMILES string of the molecule is C.COCCCNC(=O)C[C@H]1CN(C2=Nc3cc(Cl)ccc3Oc3ccccc32)CCN1. The van der Waals surface area contributed by atoms with Gasteiger partial charge in [-0.3, -0.25) is 4.79 Å². The summed E-state index contributed by atoms with van der Waals surface area (Å²) in [5, 5.41) is 7.03. The van der Waals surface area contributed by atoms with Crippen molar-refractivity contribution in [1.82, 2.24) is 15.5 Å². The summed E-state index contributed by atoms with van der Waals surface area (Å²) in [6.45, 7) is 3.50. The third kappa shape index (κ3) is 5.79. The van der Waals surface area contributed by atoms with E-state index in [4.69, 9.17) is 26.1 Å². The van der Waals surface area contributed by atoms with Crippen molar-refractivity contribution in [2.75, 3.05) is 39.9 Å². The van der Waals surface area contributed by atoms with Crippen LogP contribution in [0.2, 0.25) is 5.02 Å². The number of nitrogens with zero attached hydrogens (tertiary/aromatic N) is 2. The highest BCUT2D eigenvalue weighted by atomic mass is 35.5. The summed E-state index contributed by atoms with van der Waals surface area (Å²) in [5.74, 6) is 2.31. The first-order valence-electron chi connectivity index (χ1n) is 10.5. The molecular weight excluding hydrogens is 428 g/mol. The monoisotopic (exact) mass is 458 g/mol. The lowest BCUT2D eigenvalue weighted by Crippen LogP contribution is -2.54. The highest BCUT2D eigenvalue weighted by molar-refractivity contribution is 6.31. The minimum Gasteiger partial charge on any atom is -0.454 e. The first kappa shape index (κ1) is 24.0. The van der Waals surface area contributed by atoms with Gasteiger partial charge in [0, 0.05) is 57.4 Å². The van der Waals surface area contributed by atoms with Crippen molar-refractivity contribution in [2.24, 2.45) is 4.99 Å². The molecule has 32 heavy (non-hydrogen) atoms. The molecule has 172 valence electrons. The number of benzene rings is 2. The van der Waals surface area contributed by atoms with Gasteiger partial charge in [-0.2, -0.15) is 0 Å². The topological polar surface area (TPSA) is 75.2 Å². The molecule has 8 heteroatoms. The first-order valence-corrected chi connectivity index (χ1v) is 10.9. The number of ether oxygens (including phenoxy) is 2. The summed E-state index contributed by atoms with van der Waals surface area (Å²) < 4.78 is 11.2. The van der Waals surface area contributed by atoms with E-state index in [9.17, 15) is 4.79 Å². The van der Waals surface area contributed by atoms with Gasteiger partial charge in [0.25, 0.3) is 0 Å². The van der Waals surface area contributed by atoms with E-state index >= 15 is 0 Å². The molecule has 0 bridgehead atoms. The van der Waals surface area contributed by atoms with Crippen molar-refractivity contribution in [3.63, 3.8) is 0 Å². The Hall–Kier alpha value is -2.61. The van der Waals surface area contributed by atoms with Crippen LogP contribution < -0.4 is 15.4 Å². The Morgan fingerprint density at radius 3 is 3.00 bits per heavy atom. The molecular formula is C24H31ClN4O3. The van der Waals surface area contributed by atoms with E-state index < -0.39 is 0 Å². The molecule has 7 nitrogen and oxygen atoms in total. The van der Waals surface area contributed by atoms with E-state index in [1.165, 1.54) is 0 Å². The van der Waals surface area contributed by atoms with Gasteiger partial charge < -0.3 is 25.0 Å². The zero-order valence-electron chi connectivity index (χ0n) is 17.6. The number of aliphatic imine (C=N–C) groups is 1. The van der Waals surface area contributed by atoms with Crippen LogP contribution in [0.4, 0.5) is 5.69 Å². The fraction of sp³-hybridized carbons (Fsp3) is 0.417. The Kier molecular flexibility index (Phi) is 8.50. The van der Waals surface area contributed by atoms with E-state index in [1.807, 2.05) is 36.4 Å². The summed E-state index contributed by atoms with van der Waals surface area (Å²) in [6, 6.07) is 13.4. The minimum absolute atomic E-state index is 0. The van der Waals surface area contributed by atoms with E-state index in [2.05, 4.69) is 15.5 Å². The van der Waals surface area contributed by atoms with Crippen LogP contribution in [0.1, 0.15) is 25.8 Å². The summed E-state index contributed by atoms with van der Waals surface area (Å²) in [6.07, 6.45) is 1.22. The van der Waals surface area contributed by atoms with E-state index in [-0.39, 0.29) is 19.4 Å². The predicted octanol–water partition coefficient (Wildman–Crippen LogP) is 3.98. The number of piperazine rings is 1. The molecule has 0 radical (unpaired) electrons. The number of fused-ring (bicyclic) bond motifs is 2. The van der Waals surface area contributed by atoms with Gasteiger partial charge in [-0.05, 0) is 36.8 Å². The van der Waals surface area contributed by atoms with Gasteiger partial charge in [0.1, 0.15) is 17.3 Å². The van der Waals surface area contributed by atoms with Crippen molar-refractivity contribution in [2.45, 2.75) is 26.3 Å². The Morgan fingerprint density at radius 1 is 1.31 bits per heavy atom. The number of carbonyl (C=O) groups is 1. The lowest BCUT2D eigenvalue weighted by Gasteiger charge is -2.35. The molecule has 1 fully saturated rings. The van der Waals surface area contributed by atoms with Crippen LogP contribution in [-0.2, 0) is 9.53 Å². The number of para-hydroxylation sites is 1. The van der Waals surface area contributed by atoms with Crippen LogP contribution >= 0.6 is 11.6 Å². The maximum atomic E-state index is 12.3. The number of carbonyl (C=O) groups excluding carboxylic acids is 1. The van der Waals surface area contributed by atoms with Gasteiger partial charge in [-0.15, -0.1) is 0 Å². The van der Waals surface area contributed by atoms with Gasteiger partial charge >= 0.3 is 0 Å². The Labute approximate surface area is 194 Å². The maximum Gasteiger partial charge on any atom is 0.221 e. The number of methoxy groups -OCH3 is 1. The fourth-order valence-corrected chi connectivity index (χ4v) is 4.00. The maximum absolute atomic E-state index is 12.3. The molecule has 4 rings (SSSR count). The Balaban J connectivity index is 0.00000289. The van der Waals surface area contributed by atoms with Crippen LogP contribution in [-0.4, -0.2) is 62.6 Å². The standard InChI is InChI=1S/C23H27ClN4O3.CH4/c1-30-12-4-9-26-22(29)14-17-15-28(11-10-25-17)23-18-5-2-3-6-20(18)31-21-8-7-16(24)13-19(21)27-23;/h2-3,5-8,13,17,25H,4,9-12,14-15H2,1H3,(H,26,29);1H4/t17-;/m0./s1. The quantitative estimate of drug-likeness (QED) is 0.640. The van der Waals surface area contributed by atoms with Gasteiger partial charge in [0.2, 0.25) is 5.91 Å². The van der Waals surface area contributed by atoms with E-state index in [0.29, 0.717) is 42.6 Å². The van der Waals surface area contributed by atoms with E-state index in [0.717, 1.165) is 36.7 Å². The highest BCUT2D eigenvalue weighted by Gasteiger charge is 2.28. The molecule has 1 amide bonds. The Morgan fingerprint density at radius 2 is 2.16 bits per heavy atom. The molecule has 1 saturated heterocycles. The number of amides is 1. The zero-order valence-corrected chi connectivity index (χ0v) is 18.3. The van der Waals surface area contributed by atoms with Crippen LogP contribution in [0.25, 0.3) is 0 Å². The zero-order chi connectivity index (χ0) is 21.6. The Bertz CT molecular complexity index is 966. The molecule has 2 aromatic rings. The number of rotatable bonds is 6. The lowest BCUT2D eigenvalue weighted by molar-refractivity contribution is -0.121. The van der Waals surface area contributed by atoms with Gasteiger partial charge in [0.05, 0.1) is 5.56 Å². The molecule has 2 N–H and O–H groups in total. The number of hydrogen-bond donors (Lipinski definition) is 2. The summed E-state index contributed by atoms with van der Waals surface area (Å²) in [5.41, 5.74) is 1.63. The summed E-state index contributed by atoms with van der Waals surface area (Å²) in [7, 11) is 1.66. The average Bonchev–Trinajstić information content (AvgIpc) is 2.93. The van der Waals surface area contributed by atoms with Crippen molar-refractivity contribution >= 4 is 29.0 Å². The number of amidine groups is 1. The molecule has 2 aromatic carbocycles. The summed E-state index contributed by atoms with van der Waals surface area (Å²) in [4.78, 5) is 19.5. The molecule has 0 spiro atoms. The highest BCUT2D eigenvalue weighted by Crippen LogP contribution is 2.39.